The summed E-state index contributed by atoms with van der Waals surface area (Å²) in [4.78, 5) is 4.91. The molecule has 1 aromatic carbocycles. The molecule has 0 aliphatic carbocycles. The first kappa shape index (κ1) is 14.1. The van der Waals surface area contributed by atoms with Crippen molar-refractivity contribution in [1.29, 1.82) is 0 Å². The molecule has 4 aromatic rings. The number of rotatable bonds is 3. The van der Waals surface area contributed by atoms with Crippen molar-refractivity contribution in [3.05, 3.63) is 63.3 Å². The second-order valence-electron chi connectivity index (χ2n) is 4.98. The topological polar surface area (TPSA) is 82.0 Å². The van der Waals surface area contributed by atoms with Gasteiger partial charge in [-0.2, -0.15) is 5.10 Å². The Morgan fingerprint density at radius 2 is 2.17 bits per heavy atom. The zero-order chi connectivity index (χ0) is 15.8. The third kappa shape index (κ3) is 2.54. The van der Waals surface area contributed by atoms with Crippen molar-refractivity contribution in [1.82, 2.24) is 19.7 Å². The summed E-state index contributed by atoms with van der Waals surface area (Å²) in [5, 5.41) is 23.7. The van der Waals surface area contributed by atoms with Crippen LogP contribution in [0.2, 0.25) is 0 Å². The third-order valence-electron chi connectivity index (χ3n) is 3.50. The number of hydrogen-bond donors (Lipinski definition) is 1. The summed E-state index contributed by atoms with van der Waals surface area (Å²) in [7, 11) is 0. The fraction of sp³-hybridized carbons (Fsp3) is 0.0667. The molecule has 0 radical (unpaired) electrons. The highest BCUT2D eigenvalue weighted by molar-refractivity contribution is 14.1. The molecule has 3 heterocycles. The summed E-state index contributed by atoms with van der Waals surface area (Å²) in [6.07, 6.45) is 3.45. The largest absolute Gasteiger partial charge is 0.594 e. The predicted octanol–water partition coefficient (Wildman–Crippen LogP) is 2.13. The van der Waals surface area contributed by atoms with Gasteiger partial charge in [0.25, 0.3) is 5.52 Å². The molecule has 0 saturated heterocycles. The predicted molar refractivity (Wildman–Crippen MR) is 93.7 cm³/mol. The molecule has 1 N–H and O–H groups in total. The quantitative estimate of drug-likeness (QED) is 0.313. The van der Waals surface area contributed by atoms with E-state index in [1.807, 2.05) is 30.3 Å². The SMILES string of the molecule is [O-][n+]1nc2c(I)cnn2c2cc(NCc3ccccn3)ccc21. The lowest BCUT2D eigenvalue weighted by molar-refractivity contribution is -0.640. The van der Waals surface area contributed by atoms with Crippen molar-refractivity contribution in [3.63, 3.8) is 0 Å². The summed E-state index contributed by atoms with van der Waals surface area (Å²) >= 11 is 2.11. The van der Waals surface area contributed by atoms with Crippen LogP contribution in [-0.4, -0.2) is 19.7 Å². The third-order valence-corrected chi connectivity index (χ3v) is 4.26. The molecule has 0 unspecified atom stereocenters. The molecule has 0 atom stereocenters. The zero-order valence-corrected chi connectivity index (χ0v) is 14.0. The van der Waals surface area contributed by atoms with Gasteiger partial charge in [-0.05, 0) is 51.7 Å². The first-order valence-corrected chi connectivity index (χ1v) is 8.01. The standard InChI is InChI=1S/C15H11IN6O/c16-12-9-19-21-14-7-10(18-8-11-3-1-2-6-17-11)4-5-13(14)22(23)20-15(12)21/h1-7,9,18H,8H2. The molecular weight excluding hydrogens is 407 g/mol. The van der Waals surface area contributed by atoms with Crippen LogP contribution >= 0.6 is 22.6 Å². The van der Waals surface area contributed by atoms with Gasteiger partial charge in [0.15, 0.2) is 0 Å². The van der Waals surface area contributed by atoms with Crippen LogP contribution in [0.5, 0.6) is 0 Å². The van der Waals surface area contributed by atoms with Crippen LogP contribution in [0.25, 0.3) is 16.7 Å². The number of hydrogen-bond acceptors (Lipinski definition) is 5. The molecule has 7 nitrogen and oxygen atoms in total. The van der Waals surface area contributed by atoms with Gasteiger partial charge in [-0.3, -0.25) is 4.98 Å². The number of aromatic nitrogens is 5. The molecule has 0 saturated carbocycles. The van der Waals surface area contributed by atoms with E-state index in [2.05, 4.69) is 43.1 Å². The van der Waals surface area contributed by atoms with E-state index in [1.165, 1.54) is 0 Å². The lowest BCUT2D eigenvalue weighted by atomic mass is 10.2. The molecule has 0 spiro atoms. The van der Waals surface area contributed by atoms with Crippen LogP contribution in [-0.2, 0) is 6.54 Å². The first-order chi connectivity index (χ1) is 11.2. The summed E-state index contributed by atoms with van der Waals surface area (Å²) in [5.41, 5.74) is 3.57. The van der Waals surface area contributed by atoms with Gasteiger partial charge in [0.2, 0.25) is 5.65 Å². The number of pyridine rings is 1. The van der Waals surface area contributed by atoms with Crippen molar-refractivity contribution < 1.29 is 4.85 Å². The molecular formula is C15H11IN6O. The summed E-state index contributed by atoms with van der Waals surface area (Å²) in [6, 6.07) is 11.3. The van der Waals surface area contributed by atoms with Gasteiger partial charge in [-0.1, -0.05) is 6.07 Å². The van der Waals surface area contributed by atoms with Crippen LogP contribution in [0.3, 0.4) is 0 Å². The number of nitrogens with zero attached hydrogens (tertiary/aromatic N) is 5. The van der Waals surface area contributed by atoms with Crippen LogP contribution in [0.4, 0.5) is 5.69 Å². The maximum atomic E-state index is 12.1. The maximum absolute atomic E-state index is 12.1. The van der Waals surface area contributed by atoms with Gasteiger partial charge in [0, 0.05) is 23.0 Å². The Kier molecular flexibility index (Phi) is 3.45. The summed E-state index contributed by atoms with van der Waals surface area (Å²) < 4.78 is 2.51. The Morgan fingerprint density at radius 1 is 1.26 bits per heavy atom. The second-order valence-corrected chi connectivity index (χ2v) is 6.14. The fourth-order valence-corrected chi connectivity index (χ4v) is 2.85. The van der Waals surface area contributed by atoms with E-state index in [-0.39, 0.29) is 0 Å². The highest BCUT2D eigenvalue weighted by Crippen LogP contribution is 2.19. The Morgan fingerprint density at radius 3 is 3.00 bits per heavy atom. The van der Waals surface area contributed by atoms with E-state index in [9.17, 15) is 5.21 Å². The molecule has 3 aromatic heterocycles. The van der Waals surface area contributed by atoms with Crippen molar-refractivity contribution in [2.45, 2.75) is 6.54 Å². The van der Waals surface area contributed by atoms with E-state index in [0.29, 0.717) is 28.1 Å². The normalized spacial score (nSPS) is 11.2. The van der Waals surface area contributed by atoms with E-state index in [1.54, 1.807) is 23.0 Å². The maximum Gasteiger partial charge on any atom is 0.270 e. The number of halogens is 1. The van der Waals surface area contributed by atoms with Crippen LogP contribution in [0.1, 0.15) is 5.69 Å². The smallest absolute Gasteiger partial charge is 0.270 e. The molecule has 0 aliphatic heterocycles. The summed E-state index contributed by atoms with van der Waals surface area (Å²) in [5.74, 6) is 0. The van der Waals surface area contributed by atoms with Gasteiger partial charge in [0.1, 0.15) is 5.52 Å². The highest BCUT2D eigenvalue weighted by Gasteiger charge is 2.15. The van der Waals surface area contributed by atoms with E-state index in [0.717, 1.165) is 15.0 Å². The fourth-order valence-electron chi connectivity index (χ4n) is 2.39. The average Bonchev–Trinajstić information content (AvgIpc) is 2.95. The van der Waals surface area contributed by atoms with Crippen LogP contribution < -0.4 is 10.2 Å². The lowest BCUT2D eigenvalue weighted by Crippen LogP contribution is -2.33. The zero-order valence-electron chi connectivity index (χ0n) is 11.8. The van der Waals surface area contributed by atoms with Crippen molar-refractivity contribution in [2.75, 3.05) is 5.32 Å². The lowest BCUT2D eigenvalue weighted by Gasteiger charge is -2.07. The van der Waals surface area contributed by atoms with Gasteiger partial charge >= 0.3 is 0 Å². The minimum Gasteiger partial charge on any atom is -0.594 e. The number of nitrogens with one attached hydrogen (secondary N) is 1. The van der Waals surface area contributed by atoms with Gasteiger partial charge in [-0.15, -0.1) is 0 Å². The number of anilines is 1. The van der Waals surface area contributed by atoms with Crippen molar-refractivity contribution in [2.24, 2.45) is 0 Å². The second kappa shape index (κ2) is 5.61. The molecule has 0 aliphatic rings. The van der Waals surface area contributed by atoms with Crippen molar-refractivity contribution >= 4 is 45.0 Å². The molecule has 23 heavy (non-hydrogen) atoms. The number of fused-ring (bicyclic) bond motifs is 3. The van der Waals surface area contributed by atoms with Crippen LogP contribution in [0, 0.1) is 8.78 Å². The van der Waals surface area contributed by atoms with E-state index >= 15 is 0 Å². The van der Waals surface area contributed by atoms with E-state index in [4.69, 9.17) is 0 Å². The Labute approximate surface area is 144 Å². The number of benzene rings is 1. The molecule has 0 fully saturated rings. The minimum absolute atomic E-state index is 0.473. The molecule has 114 valence electrons. The first-order valence-electron chi connectivity index (χ1n) is 6.93. The minimum atomic E-state index is 0.473. The van der Waals surface area contributed by atoms with Gasteiger partial charge in [-0.25, -0.2) is 4.52 Å². The Balaban J connectivity index is 1.76. The summed E-state index contributed by atoms with van der Waals surface area (Å²) in [6.45, 7) is 0.606. The van der Waals surface area contributed by atoms with Crippen LogP contribution in [0.15, 0.2) is 48.8 Å². The molecule has 8 heteroatoms. The Hall–Kier alpha value is -2.49. The van der Waals surface area contributed by atoms with Crippen molar-refractivity contribution in [3.8, 4) is 0 Å². The van der Waals surface area contributed by atoms with Gasteiger partial charge < -0.3 is 10.5 Å². The Bertz CT molecular complexity index is 1000. The molecule has 4 rings (SSSR count). The molecule has 0 amide bonds. The highest BCUT2D eigenvalue weighted by atomic mass is 127. The molecule has 0 bridgehead atoms. The van der Waals surface area contributed by atoms with Gasteiger partial charge in [0.05, 0.1) is 22.0 Å². The van der Waals surface area contributed by atoms with E-state index < -0.39 is 0 Å². The average molecular weight is 418 g/mol. The monoisotopic (exact) mass is 418 g/mol.